The van der Waals surface area contributed by atoms with Gasteiger partial charge in [0, 0.05) is 5.56 Å². The minimum Gasteiger partial charge on any atom is -0.480 e. The summed E-state index contributed by atoms with van der Waals surface area (Å²) < 4.78 is 0. The zero-order valence-corrected chi connectivity index (χ0v) is 11.5. The van der Waals surface area contributed by atoms with Gasteiger partial charge in [-0.25, -0.2) is 0 Å². The van der Waals surface area contributed by atoms with Crippen LogP contribution in [-0.2, 0) is 11.2 Å². The molecule has 1 aromatic rings. The second-order valence-electron chi connectivity index (χ2n) is 3.50. The average molecular weight is 294 g/mol. The smallest absolute Gasteiger partial charge is 0.321 e. The number of nitrogens with one attached hydrogen (secondary N) is 2. The summed E-state index contributed by atoms with van der Waals surface area (Å²) in [4.78, 5) is 10.8. The molecular formula is C11H17Cl2N3O2. The Hall–Kier alpha value is -1.30. The van der Waals surface area contributed by atoms with E-state index in [0.717, 1.165) is 5.56 Å². The molecular weight excluding hydrogens is 277 g/mol. The number of halogens is 2. The lowest BCUT2D eigenvalue weighted by molar-refractivity contribution is -0.139. The monoisotopic (exact) mass is 293 g/mol. The van der Waals surface area contributed by atoms with Crippen LogP contribution in [0.5, 0.6) is 0 Å². The molecule has 0 saturated carbocycles. The lowest BCUT2D eigenvalue weighted by atomic mass is 10.0. The molecule has 0 amide bonds. The van der Waals surface area contributed by atoms with Crippen LogP contribution in [0.1, 0.15) is 11.1 Å². The third-order valence-electron chi connectivity index (χ3n) is 2.32. The van der Waals surface area contributed by atoms with Gasteiger partial charge in [0.15, 0.2) is 0 Å². The van der Waals surface area contributed by atoms with Crippen molar-refractivity contribution < 1.29 is 9.90 Å². The van der Waals surface area contributed by atoms with Crippen LogP contribution >= 0.6 is 24.8 Å². The Morgan fingerprint density at radius 2 is 2.11 bits per heavy atom. The summed E-state index contributed by atoms with van der Waals surface area (Å²) in [5.74, 6) is -0.908. The zero-order valence-electron chi connectivity index (χ0n) is 9.84. The maximum Gasteiger partial charge on any atom is 0.321 e. The van der Waals surface area contributed by atoms with Crippen LogP contribution in [0.4, 0.5) is 0 Å². The van der Waals surface area contributed by atoms with Crippen molar-refractivity contribution in [3.8, 4) is 0 Å². The molecule has 0 aromatic heterocycles. The van der Waals surface area contributed by atoms with Crippen molar-refractivity contribution in [2.24, 2.45) is 5.73 Å². The number of carboxylic acid groups (broad SMARTS) is 1. The molecule has 0 saturated heterocycles. The van der Waals surface area contributed by atoms with Crippen LogP contribution in [0.15, 0.2) is 24.3 Å². The minimum absolute atomic E-state index is 0. The molecule has 0 aliphatic rings. The van der Waals surface area contributed by atoms with Crippen molar-refractivity contribution in [2.45, 2.75) is 12.5 Å². The predicted molar refractivity (Wildman–Crippen MR) is 76.1 cm³/mol. The van der Waals surface area contributed by atoms with Crippen LogP contribution in [0.2, 0.25) is 0 Å². The lowest BCUT2D eigenvalue weighted by Gasteiger charge is -2.11. The highest BCUT2D eigenvalue weighted by atomic mass is 35.5. The molecule has 102 valence electrons. The fourth-order valence-electron chi connectivity index (χ4n) is 1.41. The summed E-state index contributed by atoms with van der Waals surface area (Å²) >= 11 is 0. The van der Waals surface area contributed by atoms with E-state index in [-0.39, 0.29) is 30.6 Å². The minimum atomic E-state index is -0.893. The van der Waals surface area contributed by atoms with Gasteiger partial charge in [-0.05, 0) is 25.1 Å². The first-order valence-corrected chi connectivity index (χ1v) is 4.88. The van der Waals surface area contributed by atoms with Crippen LogP contribution in [-0.4, -0.2) is 30.0 Å². The standard InChI is InChI=1S/C11H15N3O2.2ClH/c1-14-9(11(15)16)6-7-3-2-4-8(5-7)10(12)13;;/h2-5,9,14H,6H2,1H3,(H3,12,13)(H,15,16);2*1H/t9-;;/m0../s1. The van der Waals surface area contributed by atoms with Crippen molar-refractivity contribution in [2.75, 3.05) is 7.05 Å². The van der Waals surface area contributed by atoms with Crippen LogP contribution in [0.25, 0.3) is 0 Å². The quantitative estimate of drug-likeness (QED) is 0.481. The van der Waals surface area contributed by atoms with E-state index in [1.165, 1.54) is 0 Å². The number of nitrogen functional groups attached to an aromatic ring is 1. The largest absolute Gasteiger partial charge is 0.480 e. The Bertz CT molecular complexity index is 413. The first kappa shape index (κ1) is 19.0. The third kappa shape index (κ3) is 5.35. The van der Waals surface area contributed by atoms with E-state index < -0.39 is 12.0 Å². The van der Waals surface area contributed by atoms with Gasteiger partial charge in [-0.15, -0.1) is 24.8 Å². The van der Waals surface area contributed by atoms with Gasteiger partial charge in [0.05, 0.1) is 0 Å². The molecule has 1 aromatic carbocycles. The summed E-state index contributed by atoms with van der Waals surface area (Å²) in [7, 11) is 1.60. The summed E-state index contributed by atoms with van der Waals surface area (Å²) in [5, 5.41) is 18.9. The second kappa shape index (κ2) is 8.74. The van der Waals surface area contributed by atoms with Gasteiger partial charge >= 0.3 is 5.97 Å². The zero-order chi connectivity index (χ0) is 12.1. The second-order valence-corrected chi connectivity index (χ2v) is 3.50. The normalized spacial score (nSPS) is 10.7. The SMILES string of the molecule is CN[C@@H](Cc1cccc(C(=N)N)c1)C(=O)O.Cl.Cl. The molecule has 5 nitrogen and oxygen atoms in total. The van der Waals surface area contributed by atoms with Crippen molar-refractivity contribution in [3.05, 3.63) is 35.4 Å². The molecule has 0 bridgehead atoms. The van der Waals surface area contributed by atoms with E-state index in [9.17, 15) is 4.79 Å². The van der Waals surface area contributed by atoms with Crippen molar-refractivity contribution >= 4 is 36.6 Å². The molecule has 0 spiro atoms. The highest BCUT2D eigenvalue weighted by Crippen LogP contribution is 2.07. The summed E-state index contributed by atoms with van der Waals surface area (Å²) in [6.45, 7) is 0. The molecule has 0 heterocycles. The summed E-state index contributed by atoms with van der Waals surface area (Å²) in [6, 6.07) is 6.42. The Kier molecular flexibility index (Phi) is 9.25. The molecule has 1 rings (SSSR count). The fourth-order valence-corrected chi connectivity index (χ4v) is 1.41. The molecule has 0 aliphatic heterocycles. The van der Waals surface area contributed by atoms with E-state index in [0.29, 0.717) is 12.0 Å². The van der Waals surface area contributed by atoms with Gasteiger partial charge in [0.25, 0.3) is 0 Å². The predicted octanol–water partition coefficient (Wildman–Crippen LogP) is 1.03. The lowest BCUT2D eigenvalue weighted by Crippen LogP contribution is -2.35. The number of carbonyl (C=O) groups is 1. The van der Waals surface area contributed by atoms with Crippen LogP contribution in [0.3, 0.4) is 0 Å². The molecule has 0 radical (unpaired) electrons. The first-order chi connectivity index (χ1) is 7.54. The number of nitrogens with two attached hydrogens (primary N) is 1. The van der Waals surface area contributed by atoms with Crippen LogP contribution in [0, 0.1) is 5.41 Å². The molecule has 5 N–H and O–H groups in total. The van der Waals surface area contributed by atoms with Gasteiger partial charge in [-0.3, -0.25) is 10.2 Å². The van der Waals surface area contributed by atoms with Gasteiger partial charge < -0.3 is 16.2 Å². The summed E-state index contributed by atoms with van der Waals surface area (Å²) in [6.07, 6.45) is 0.368. The number of rotatable bonds is 5. The third-order valence-corrected chi connectivity index (χ3v) is 2.32. The van der Waals surface area contributed by atoms with Crippen molar-refractivity contribution in [1.29, 1.82) is 5.41 Å². The molecule has 0 unspecified atom stereocenters. The van der Waals surface area contributed by atoms with Crippen molar-refractivity contribution in [1.82, 2.24) is 5.32 Å². The number of carboxylic acids is 1. The Morgan fingerprint density at radius 1 is 1.50 bits per heavy atom. The number of hydrogen-bond acceptors (Lipinski definition) is 3. The Morgan fingerprint density at radius 3 is 2.56 bits per heavy atom. The van der Waals surface area contributed by atoms with E-state index in [1.54, 1.807) is 25.2 Å². The molecule has 18 heavy (non-hydrogen) atoms. The van der Waals surface area contributed by atoms with Gasteiger partial charge in [-0.1, -0.05) is 18.2 Å². The first-order valence-electron chi connectivity index (χ1n) is 4.88. The maximum absolute atomic E-state index is 10.8. The van der Waals surface area contributed by atoms with E-state index in [4.69, 9.17) is 16.2 Å². The number of hydrogen-bond donors (Lipinski definition) is 4. The number of benzene rings is 1. The van der Waals surface area contributed by atoms with E-state index in [2.05, 4.69) is 5.32 Å². The number of likely N-dealkylation sites (N-methyl/N-ethyl adjacent to an activating group) is 1. The van der Waals surface area contributed by atoms with Gasteiger partial charge in [-0.2, -0.15) is 0 Å². The topological polar surface area (TPSA) is 99.2 Å². The van der Waals surface area contributed by atoms with Crippen molar-refractivity contribution in [3.63, 3.8) is 0 Å². The highest BCUT2D eigenvalue weighted by molar-refractivity contribution is 5.95. The Labute approximate surface area is 118 Å². The summed E-state index contributed by atoms with van der Waals surface area (Å²) in [5.41, 5.74) is 6.81. The van der Waals surface area contributed by atoms with Crippen LogP contribution < -0.4 is 11.1 Å². The molecule has 0 aliphatic carbocycles. The van der Waals surface area contributed by atoms with E-state index in [1.807, 2.05) is 6.07 Å². The maximum atomic E-state index is 10.8. The molecule has 7 heteroatoms. The number of aliphatic carboxylic acids is 1. The van der Waals surface area contributed by atoms with Gasteiger partial charge in [0.1, 0.15) is 11.9 Å². The average Bonchev–Trinajstić information content (AvgIpc) is 2.25. The van der Waals surface area contributed by atoms with Gasteiger partial charge in [0.2, 0.25) is 0 Å². The molecule has 1 atom stereocenters. The highest BCUT2D eigenvalue weighted by Gasteiger charge is 2.15. The van der Waals surface area contributed by atoms with E-state index >= 15 is 0 Å². The number of amidine groups is 1. The molecule has 0 fully saturated rings. The fraction of sp³-hybridized carbons (Fsp3) is 0.273. The Balaban J connectivity index is 0.